The SMILES string of the molecule is O=S(=O)(Oc1c(F)c(F)c(F)c(F)c1F)c1ccccc1-c1ccccc1. The Kier molecular flexibility index (Phi) is 4.88. The van der Waals surface area contributed by atoms with Gasteiger partial charge in [0, 0.05) is 5.56 Å². The minimum absolute atomic E-state index is 0.127. The highest BCUT2D eigenvalue weighted by atomic mass is 32.2. The average molecular weight is 400 g/mol. The molecule has 0 N–H and O–H groups in total. The van der Waals surface area contributed by atoms with Crippen LogP contribution >= 0.6 is 0 Å². The van der Waals surface area contributed by atoms with Crippen LogP contribution in [0.1, 0.15) is 0 Å². The van der Waals surface area contributed by atoms with Crippen LogP contribution in [0.25, 0.3) is 11.1 Å². The molecule has 0 saturated heterocycles. The molecule has 0 spiro atoms. The van der Waals surface area contributed by atoms with Crippen LogP contribution in [0, 0.1) is 29.1 Å². The molecule has 0 fully saturated rings. The van der Waals surface area contributed by atoms with Crippen LogP contribution in [0.15, 0.2) is 59.5 Å². The Morgan fingerprint density at radius 2 is 1.11 bits per heavy atom. The zero-order valence-corrected chi connectivity index (χ0v) is 14.0. The van der Waals surface area contributed by atoms with Gasteiger partial charge in [-0.25, -0.2) is 13.2 Å². The van der Waals surface area contributed by atoms with Crippen molar-refractivity contribution in [1.29, 1.82) is 0 Å². The first-order chi connectivity index (χ1) is 12.7. The van der Waals surface area contributed by atoms with Gasteiger partial charge in [0.05, 0.1) is 0 Å². The second-order valence-electron chi connectivity index (χ2n) is 5.30. The molecular weight excluding hydrogens is 391 g/mol. The normalized spacial score (nSPS) is 11.4. The fourth-order valence-corrected chi connectivity index (χ4v) is 3.51. The van der Waals surface area contributed by atoms with Gasteiger partial charge in [0.15, 0.2) is 0 Å². The van der Waals surface area contributed by atoms with Crippen LogP contribution < -0.4 is 4.18 Å². The van der Waals surface area contributed by atoms with E-state index in [1.165, 1.54) is 18.2 Å². The molecule has 0 radical (unpaired) electrons. The molecular formula is C18H9F5O3S. The maximum Gasteiger partial charge on any atom is 0.340 e. The summed E-state index contributed by atoms with van der Waals surface area (Å²) in [5.74, 6) is -13.7. The van der Waals surface area contributed by atoms with E-state index in [9.17, 15) is 30.4 Å². The van der Waals surface area contributed by atoms with Gasteiger partial charge in [-0.15, -0.1) is 0 Å². The molecule has 0 atom stereocenters. The van der Waals surface area contributed by atoms with E-state index < -0.39 is 49.8 Å². The van der Waals surface area contributed by atoms with Gasteiger partial charge in [-0.05, 0) is 11.6 Å². The second kappa shape index (κ2) is 6.99. The van der Waals surface area contributed by atoms with Crippen molar-refractivity contribution in [3.05, 3.63) is 83.7 Å². The summed E-state index contributed by atoms with van der Waals surface area (Å²) < 4.78 is 96.5. The molecule has 3 aromatic rings. The summed E-state index contributed by atoms with van der Waals surface area (Å²) in [4.78, 5) is -0.500. The largest absolute Gasteiger partial charge is 0.372 e. The Labute approximate surface area is 150 Å². The highest BCUT2D eigenvalue weighted by Crippen LogP contribution is 2.34. The molecule has 0 bridgehead atoms. The summed E-state index contributed by atoms with van der Waals surface area (Å²) >= 11 is 0. The quantitative estimate of drug-likeness (QED) is 0.273. The van der Waals surface area contributed by atoms with E-state index in [1.807, 2.05) is 0 Å². The van der Waals surface area contributed by atoms with Crippen LogP contribution in [0.4, 0.5) is 22.0 Å². The lowest BCUT2D eigenvalue weighted by Crippen LogP contribution is -2.15. The highest BCUT2D eigenvalue weighted by Gasteiger charge is 2.31. The maximum absolute atomic E-state index is 13.8. The standard InChI is InChI=1S/C18H9F5O3S/c19-13-14(20)16(22)18(17(23)15(13)21)26-27(24,25)12-9-5-4-8-11(12)10-6-2-1-3-7-10/h1-9H. The molecule has 3 rings (SSSR count). The molecule has 0 aromatic heterocycles. The van der Waals surface area contributed by atoms with Crippen molar-refractivity contribution < 1.29 is 34.6 Å². The summed E-state index contributed by atoms with van der Waals surface area (Å²) in [6, 6.07) is 13.4. The fourth-order valence-electron chi connectivity index (χ4n) is 2.35. The Hall–Kier alpha value is -2.94. The smallest absolute Gasteiger partial charge is 0.340 e. The number of hydrogen-bond acceptors (Lipinski definition) is 3. The second-order valence-corrected chi connectivity index (χ2v) is 6.81. The number of rotatable bonds is 4. The fraction of sp³-hybridized carbons (Fsp3) is 0. The van der Waals surface area contributed by atoms with E-state index in [0.717, 1.165) is 6.07 Å². The molecule has 27 heavy (non-hydrogen) atoms. The molecule has 3 aromatic carbocycles. The summed E-state index contributed by atoms with van der Waals surface area (Å²) in [6.45, 7) is 0. The lowest BCUT2D eigenvalue weighted by Gasteiger charge is -2.13. The predicted molar refractivity (Wildman–Crippen MR) is 85.9 cm³/mol. The topological polar surface area (TPSA) is 43.4 Å². The number of hydrogen-bond donors (Lipinski definition) is 0. The molecule has 3 nitrogen and oxygen atoms in total. The van der Waals surface area contributed by atoms with Gasteiger partial charge in [0.25, 0.3) is 0 Å². The van der Waals surface area contributed by atoms with Crippen LogP contribution in [0.3, 0.4) is 0 Å². The Morgan fingerprint density at radius 3 is 1.70 bits per heavy atom. The third kappa shape index (κ3) is 3.37. The maximum atomic E-state index is 13.8. The van der Waals surface area contributed by atoms with E-state index in [4.69, 9.17) is 0 Å². The van der Waals surface area contributed by atoms with Crippen molar-refractivity contribution in [2.24, 2.45) is 0 Å². The van der Waals surface area contributed by atoms with Gasteiger partial charge in [0.1, 0.15) is 4.90 Å². The van der Waals surface area contributed by atoms with E-state index in [0.29, 0.717) is 5.56 Å². The van der Waals surface area contributed by atoms with Crippen molar-refractivity contribution in [1.82, 2.24) is 0 Å². The zero-order chi connectivity index (χ0) is 19.8. The third-order valence-corrected chi connectivity index (χ3v) is 4.88. The first kappa shape index (κ1) is 18.8. The summed E-state index contributed by atoms with van der Waals surface area (Å²) in [5, 5.41) is 0. The van der Waals surface area contributed by atoms with Crippen LogP contribution in [0.5, 0.6) is 5.75 Å². The summed E-state index contributed by atoms with van der Waals surface area (Å²) in [7, 11) is -4.92. The molecule has 0 aliphatic carbocycles. The van der Waals surface area contributed by atoms with Crippen molar-refractivity contribution in [2.75, 3.05) is 0 Å². The van der Waals surface area contributed by atoms with Gasteiger partial charge in [-0.2, -0.15) is 17.2 Å². The number of benzene rings is 3. The Bertz CT molecular complexity index is 1090. The molecule has 0 saturated carbocycles. The first-order valence-electron chi connectivity index (χ1n) is 7.34. The van der Waals surface area contributed by atoms with Crippen LogP contribution in [0.2, 0.25) is 0 Å². The lowest BCUT2D eigenvalue weighted by molar-refractivity contribution is 0.347. The Balaban J connectivity index is 2.14. The van der Waals surface area contributed by atoms with Crippen molar-refractivity contribution in [2.45, 2.75) is 4.90 Å². The van der Waals surface area contributed by atoms with Gasteiger partial charge < -0.3 is 4.18 Å². The third-order valence-electron chi connectivity index (χ3n) is 3.60. The van der Waals surface area contributed by atoms with E-state index in [2.05, 4.69) is 4.18 Å². The van der Waals surface area contributed by atoms with E-state index >= 15 is 0 Å². The van der Waals surface area contributed by atoms with Crippen LogP contribution in [-0.4, -0.2) is 8.42 Å². The van der Waals surface area contributed by atoms with Gasteiger partial charge in [0.2, 0.25) is 34.8 Å². The van der Waals surface area contributed by atoms with Gasteiger partial charge in [-0.1, -0.05) is 48.5 Å². The minimum atomic E-state index is -4.92. The van der Waals surface area contributed by atoms with Crippen molar-refractivity contribution >= 4 is 10.1 Å². The monoisotopic (exact) mass is 400 g/mol. The molecule has 0 aliphatic rings. The number of halogens is 5. The molecule has 0 unspecified atom stereocenters. The van der Waals surface area contributed by atoms with Crippen molar-refractivity contribution in [3.63, 3.8) is 0 Å². The van der Waals surface area contributed by atoms with Crippen LogP contribution in [-0.2, 0) is 10.1 Å². The summed E-state index contributed by atoms with van der Waals surface area (Å²) in [5.41, 5.74) is 0.569. The molecule has 140 valence electrons. The van der Waals surface area contributed by atoms with E-state index in [-0.39, 0.29) is 5.56 Å². The lowest BCUT2D eigenvalue weighted by atomic mass is 10.1. The molecule has 0 heterocycles. The molecule has 0 amide bonds. The highest BCUT2D eigenvalue weighted by molar-refractivity contribution is 7.87. The van der Waals surface area contributed by atoms with Gasteiger partial charge in [-0.3, -0.25) is 0 Å². The van der Waals surface area contributed by atoms with Crippen molar-refractivity contribution in [3.8, 4) is 16.9 Å². The van der Waals surface area contributed by atoms with Gasteiger partial charge >= 0.3 is 10.1 Å². The zero-order valence-electron chi connectivity index (χ0n) is 13.2. The Morgan fingerprint density at radius 1 is 0.630 bits per heavy atom. The average Bonchev–Trinajstić information content (AvgIpc) is 2.69. The predicted octanol–water partition coefficient (Wildman–Crippen LogP) is 4.82. The summed E-state index contributed by atoms with van der Waals surface area (Å²) in [6.07, 6.45) is 0. The first-order valence-corrected chi connectivity index (χ1v) is 8.75. The minimum Gasteiger partial charge on any atom is -0.372 e. The molecule has 9 heteroatoms. The van der Waals surface area contributed by atoms with E-state index in [1.54, 1.807) is 30.3 Å². The molecule has 0 aliphatic heterocycles.